The molecule has 0 fully saturated rings. The van der Waals surface area contributed by atoms with Crippen molar-refractivity contribution in [2.75, 3.05) is 0 Å². The summed E-state index contributed by atoms with van der Waals surface area (Å²) in [4.78, 5) is 32.5. The fourth-order valence-corrected chi connectivity index (χ4v) is 1.72. The van der Waals surface area contributed by atoms with Gasteiger partial charge in [0.15, 0.2) is 0 Å². The van der Waals surface area contributed by atoms with Crippen molar-refractivity contribution in [3.8, 4) is 0 Å². The van der Waals surface area contributed by atoms with Crippen molar-refractivity contribution < 1.29 is 14.5 Å². The normalized spacial score (nSPS) is 10.1. The maximum Gasteiger partial charge on any atom is 0.324 e. The Morgan fingerprint density at radius 2 is 2.12 bits per heavy atom. The highest BCUT2D eigenvalue weighted by Crippen LogP contribution is 2.22. The molecule has 1 aromatic heterocycles. The van der Waals surface area contributed by atoms with Gasteiger partial charge in [0.05, 0.1) is 10.5 Å². The van der Waals surface area contributed by atoms with Crippen molar-refractivity contribution in [2.45, 2.75) is 19.9 Å². The lowest BCUT2D eigenvalue weighted by Gasteiger charge is -2.08. The zero-order valence-corrected chi connectivity index (χ0v) is 10.0. The molecule has 3 amide bonds. The number of carbonyl (C=O) groups is 2. The number of thiophene rings is 1. The first-order valence-corrected chi connectivity index (χ1v) is 5.63. The standard InChI is InChI=1S/C9H11N3O4S/c1-5(2)10-9(14)11-8(13)6-3-7(12(15)16)17-4-6/h3-5H,1-2H3,(H2,10,11,13,14). The second-order valence-electron chi connectivity index (χ2n) is 3.51. The maximum atomic E-state index is 11.5. The molecular weight excluding hydrogens is 246 g/mol. The van der Waals surface area contributed by atoms with Crippen LogP contribution in [0.2, 0.25) is 0 Å². The van der Waals surface area contributed by atoms with Crippen LogP contribution in [-0.2, 0) is 0 Å². The number of nitrogens with one attached hydrogen (secondary N) is 2. The van der Waals surface area contributed by atoms with Crippen molar-refractivity contribution >= 4 is 28.3 Å². The van der Waals surface area contributed by atoms with Crippen LogP contribution < -0.4 is 10.6 Å². The van der Waals surface area contributed by atoms with Gasteiger partial charge < -0.3 is 5.32 Å². The molecule has 0 radical (unpaired) electrons. The molecule has 0 bridgehead atoms. The first-order valence-electron chi connectivity index (χ1n) is 4.75. The Labute approximate surface area is 101 Å². The van der Waals surface area contributed by atoms with Gasteiger partial charge in [-0.1, -0.05) is 11.3 Å². The van der Waals surface area contributed by atoms with Crippen molar-refractivity contribution in [2.24, 2.45) is 0 Å². The van der Waals surface area contributed by atoms with Crippen LogP contribution in [0.25, 0.3) is 0 Å². The van der Waals surface area contributed by atoms with E-state index in [-0.39, 0.29) is 16.6 Å². The Balaban J connectivity index is 2.63. The van der Waals surface area contributed by atoms with Gasteiger partial charge in [0.2, 0.25) is 0 Å². The summed E-state index contributed by atoms with van der Waals surface area (Å²) < 4.78 is 0. The second-order valence-corrected chi connectivity index (χ2v) is 4.40. The van der Waals surface area contributed by atoms with Crippen LogP contribution in [0, 0.1) is 10.1 Å². The molecule has 1 heterocycles. The summed E-state index contributed by atoms with van der Waals surface area (Å²) in [5.74, 6) is -0.660. The Bertz CT molecular complexity index is 455. The number of rotatable bonds is 3. The van der Waals surface area contributed by atoms with Gasteiger partial charge >= 0.3 is 11.0 Å². The molecule has 0 atom stereocenters. The van der Waals surface area contributed by atoms with Crippen LogP contribution >= 0.6 is 11.3 Å². The molecule has 8 heteroatoms. The lowest BCUT2D eigenvalue weighted by atomic mass is 10.3. The van der Waals surface area contributed by atoms with Crippen LogP contribution in [0.1, 0.15) is 24.2 Å². The smallest absolute Gasteiger partial charge is 0.324 e. The second kappa shape index (κ2) is 5.39. The predicted molar refractivity (Wildman–Crippen MR) is 62.1 cm³/mol. The van der Waals surface area contributed by atoms with E-state index in [0.717, 1.165) is 17.4 Å². The fraction of sp³-hybridized carbons (Fsp3) is 0.333. The van der Waals surface area contributed by atoms with E-state index in [1.165, 1.54) is 5.38 Å². The molecule has 0 spiro atoms. The van der Waals surface area contributed by atoms with Gasteiger partial charge in [-0.15, -0.1) is 0 Å². The number of nitro groups is 1. The van der Waals surface area contributed by atoms with Crippen molar-refractivity contribution in [3.63, 3.8) is 0 Å². The molecule has 1 rings (SSSR count). The third-order valence-corrected chi connectivity index (χ3v) is 2.55. The maximum absolute atomic E-state index is 11.5. The largest absolute Gasteiger partial charge is 0.336 e. The van der Waals surface area contributed by atoms with Crippen LogP contribution in [0.3, 0.4) is 0 Å². The zero-order valence-electron chi connectivity index (χ0n) is 9.22. The van der Waals surface area contributed by atoms with E-state index in [1.54, 1.807) is 13.8 Å². The minimum Gasteiger partial charge on any atom is -0.336 e. The SMILES string of the molecule is CC(C)NC(=O)NC(=O)c1csc([N+](=O)[O-])c1. The van der Waals surface area contributed by atoms with Crippen molar-refractivity contribution in [1.29, 1.82) is 0 Å². The number of nitrogens with zero attached hydrogens (tertiary/aromatic N) is 1. The number of imide groups is 1. The lowest BCUT2D eigenvalue weighted by molar-refractivity contribution is -0.380. The highest BCUT2D eigenvalue weighted by molar-refractivity contribution is 7.13. The summed E-state index contributed by atoms with van der Waals surface area (Å²) in [7, 11) is 0. The molecule has 0 aromatic carbocycles. The monoisotopic (exact) mass is 257 g/mol. The van der Waals surface area contributed by atoms with Crippen molar-refractivity contribution in [3.05, 3.63) is 27.1 Å². The van der Waals surface area contributed by atoms with E-state index in [0.29, 0.717) is 0 Å². The molecule has 92 valence electrons. The van der Waals surface area contributed by atoms with E-state index in [4.69, 9.17) is 0 Å². The average Bonchev–Trinajstić information content (AvgIpc) is 2.64. The molecule has 0 aliphatic heterocycles. The third kappa shape index (κ3) is 3.83. The Morgan fingerprint density at radius 3 is 2.59 bits per heavy atom. The molecule has 17 heavy (non-hydrogen) atoms. The molecule has 7 nitrogen and oxygen atoms in total. The third-order valence-electron chi connectivity index (χ3n) is 1.67. The summed E-state index contributed by atoms with van der Waals surface area (Å²) in [5, 5.41) is 16.1. The van der Waals surface area contributed by atoms with Crippen LogP contribution in [-0.4, -0.2) is 22.9 Å². The summed E-state index contributed by atoms with van der Waals surface area (Å²) in [5.41, 5.74) is 0.0978. The number of hydrogen-bond donors (Lipinski definition) is 2. The minimum atomic E-state index is -0.660. The molecule has 0 aliphatic carbocycles. The molecule has 0 unspecified atom stereocenters. The first kappa shape index (κ1) is 13.1. The molecule has 1 aromatic rings. The van der Waals surface area contributed by atoms with E-state index < -0.39 is 16.9 Å². The highest BCUT2D eigenvalue weighted by Gasteiger charge is 2.16. The van der Waals surface area contributed by atoms with Crippen LogP contribution in [0.4, 0.5) is 9.80 Å². The van der Waals surface area contributed by atoms with Gasteiger partial charge in [-0.25, -0.2) is 4.79 Å². The zero-order chi connectivity index (χ0) is 13.0. The Kier molecular flexibility index (Phi) is 4.16. The van der Waals surface area contributed by atoms with Gasteiger partial charge in [-0.2, -0.15) is 0 Å². The van der Waals surface area contributed by atoms with Gasteiger partial charge in [0.25, 0.3) is 5.91 Å². The minimum absolute atomic E-state index is 0.0976. The van der Waals surface area contributed by atoms with E-state index >= 15 is 0 Å². The lowest BCUT2D eigenvalue weighted by Crippen LogP contribution is -2.42. The molecule has 0 saturated heterocycles. The van der Waals surface area contributed by atoms with Gasteiger partial charge in [-0.05, 0) is 13.8 Å². The summed E-state index contributed by atoms with van der Waals surface area (Å²) in [6.07, 6.45) is 0. The molecule has 2 N–H and O–H groups in total. The quantitative estimate of drug-likeness (QED) is 0.632. The van der Waals surface area contributed by atoms with Crippen LogP contribution in [0.5, 0.6) is 0 Å². The number of hydrogen-bond acceptors (Lipinski definition) is 5. The number of carbonyl (C=O) groups excluding carboxylic acids is 2. The number of urea groups is 1. The van der Waals surface area contributed by atoms with E-state index in [2.05, 4.69) is 10.6 Å². The highest BCUT2D eigenvalue weighted by atomic mass is 32.1. The average molecular weight is 257 g/mol. The Hall–Kier alpha value is -1.96. The van der Waals surface area contributed by atoms with Gasteiger partial charge in [0, 0.05) is 17.5 Å². The first-order chi connectivity index (χ1) is 7.90. The molecule has 0 saturated carbocycles. The van der Waals surface area contributed by atoms with E-state index in [9.17, 15) is 19.7 Å². The van der Waals surface area contributed by atoms with Crippen molar-refractivity contribution in [1.82, 2.24) is 10.6 Å². The van der Waals surface area contributed by atoms with E-state index in [1.807, 2.05) is 0 Å². The molecule has 0 aliphatic rings. The summed E-state index contributed by atoms with van der Waals surface area (Å²) >= 11 is 0.835. The Morgan fingerprint density at radius 1 is 1.47 bits per heavy atom. The fourth-order valence-electron chi connectivity index (χ4n) is 1.01. The summed E-state index contributed by atoms with van der Waals surface area (Å²) in [6, 6.07) is 0.404. The van der Waals surface area contributed by atoms with Gasteiger partial charge in [-0.3, -0.25) is 20.2 Å². The molecular formula is C9H11N3O4S. The van der Waals surface area contributed by atoms with Gasteiger partial charge in [0.1, 0.15) is 0 Å². The summed E-state index contributed by atoms with van der Waals surface area (Å²) in [6.45, 7) is 3.50. The number of amides is 3. The predicted octanol–water partition coefficient (Wildman–Crippen LogP) is 1.50. The van der Waals surface area contributed by atoms with Crippen LogP contribution in [0.15, 0.2) is 11.4 Å². The topological polar surface area (TPSA) is 101 Å².